The monoisotopic (exact) mass is 471 g/mol. The third-order valence-corrected chi connectivity index (χ3v) is 4.72. The highest BCUT2D eigenvalue weighted by Crippen LogP contribution is 2.27. The molecule has 0 aliphatic rings. The number of amides is 2. The summed E-state index contributed by atoms with van der Waals surface area (Å²) in [4.78, 5) is 51.7. The second-order valence-corrected chi connectivity index (χ2v) is 7.87. The average molecular weight is 472 g/mol. The Labute approximate surface area is 198 Å². The molecule has 0 saturated carbocycles. The van der Waals surface area contributed by atoms with Gasteiger partial charge in [0.05, 0.1) is 5.69 Å². The van der Waals surface area contributed by atoms with E-state index < -0.39 is 36.1 Å². The molecule has 2 rings (SSSR count). The van der Waals surface area contributed by atoms with Gasteiger partial charge >= 0.3 is 11.9 Å². The van der Waals surface area contributed by atoms with Crippen LogP contribution in [0.2, 0.25) is 0 Å². The lowest BCUT2D eigenvalue weighted by Gasteiger charge is -2.29. The lowest BCUT2D eigenvalue weighted by molar-refractivity contribution is -0.155. The van der Waals surface area contributed by atoms with E-state index in [0.29, 0.717) is 12.2 Å². The van der Waals surface area contributed by atoms with Crippen molar-refractivity contribution in [1.29, 1.82) is 0 Å². The first kappa shape index (κ1) is 26.3. The summed E-state index contributed by atoms with van der Waals surface area (Å²) in [5.74, 6) is -1.72. The Bertz CT molecular complexity index is 1010. The molecule has 182 valence electrons. The van der Waals surface area contributed by atoms with Crippen molar-refractivity contribution in [1.82, 2.24) is 10.3 Å². The van der Waals surface area contributed by atoms with Crippen molar-refractivity contribution in [2.24, 2.45) is 5.92 Å². The van der Waals surface area contributed by atoms with Gasteiger partial charge < -0.3 is 24.8 Å². The van der Waals surface area contributed by atoms with Crippen LogP contribution in [0.15, 0.2) is 42.6 Å². The topological polar surface area (TPSA) is 133 Å². The van der Waals surface area contributed by atoms with Crippen LogP contribution in [0, 0.1) is 5.92 Å². The van der Waals surface area contributed by atoms with Gasteiger partial charge in [-0.15, -0.1) is 0 Å². The molecule has 10 heteroatoms. The molecule has 0 aliphatic carbocycles. The van der Waals surface area contributed by atoms with Crippen molar-refractivity contribution in [3.8, 4) is 11.5 Å². The fraction of sp³-hybridized carbons (Fsp3) is 0.375. The molecule has 0 bridgehead atoms. The van der Waals surface area contributed by atoms with Gasteiger partial charge in [-0.05, 0) is 38.0 Å². The molecule has 10 nitrogen and oxygen atoms in total. The van der Waals surface area contributed by atoms with Crippen molar-refractivity contribution >= 4 is 29.9 Å². The third kappa shape index (κ3) is 7.29. The van der Waals surface area contributed by atoms with Crippen LogP contribution in [0.3, 0.4) is 0 Å². The molecule has 34 heavy (non-hydrogen) atoms. The molecule has 0 fully saturated rings. The molecule has 1 aromatic heterocycles. The molecule has 3 atom stereocenters. The van der Waals surface area contributed by atoms with Gasteiger partial charge in [0.2, 0.25) is 6.41 Å². The van der Waals surface area contributed by atoms with E-state index in [4.69, 9.17) is 14.2 Å². The first-order valence-corrected chi connectivity index (χ1v) is 10.7. The Kier molecular flexibility index (Phi) is 9.54. The normalized spacial score (nSPS) is 13.2. The van der Waals surface area contributed by atoms with E-state index >= 15 is 0 Å². The largest absolute Gasteiger partial charge is 0.486 e. The fourth-order valence-corrected chi connectivity index (χ4v) is 3.14. The van der Waals surface area contributed by atoms with Crippen LogP contribution in [0.1, 0.15) is 45.1 Å². The molecule has 1 heterocycles. The molecule has 0 aliphatic heterocycles. The molecule has 2 amide bonds. The minimum atomic E-state index is -1.05. The molecule has 2 N–H and O–H groups in total. The van der Waals surface area contributed by atoms with Gasteiger partial charge in [-0.3, -0.25) is 14.4 Å². The lowest BCUT2D eigenvalue weighted by atomic mass is 10.0. The van der Waals surface area contributed by atoms with Crippen LogP contribution in [0.4, 0.5) is 5.69 Å². The first-order valence-electron chi connectivity index (χ1n) is 10.7. The molecular formula is C24H29N3O7. The van der Waals surface area contributed by atoms with Crippen LogP contribution in [0.5, 0.6) is 11.5 Å². The molecule has 0 radical (unpaired) electrons. The second kappa shape index (κ2) is 12.3. The van der Waals surface area contributed by atoms with Crippen LogP contribution in [0.25, 0.3) is 0 Å². The summed E-state index contributed by atoms with van der Waals surface area (Å²) in [6, 6.07) is 9.51. The number of hydrogen-bond donors (Lipinski definition) is 2. The van der Waals surface area contributed by atoms with Crippen molar-refractivity contribution in [3.63, 3.8) is 0 Å². The number of nitrogens with zero attached hydrogens (tertiary/aromatic N) is 1. The van der Waals surface area contributed by atoms with Gasteiger partial charge in [0.25, 0.3) is 5.91 Å². The number of hydrogen-bond acceptors (Lipinski definition) is 8. The number of carbonyl (C=O) groups is 4. The van der Waals surface area contributed by atoms with Gasteiger partial charge in [0.1, 0.15) is 24.0 Å². The molecule has 0 spiro atoms. The van der Waals surface area contributed by atoms with Crippen molar-refractivity contribution in [2.75, 3.05) is 5.32 Å². The Morgan fingerprint density at radius 2 is 1.71 bits per heavy atom. The third-order valence-electron chi connectivity index (χ3n) is 4.72. The summed E-state index contributed by atoms with van der Waals surface area (Å²) < 4.78 is 16.6. The highest BCUT2D eigenvalue weighted by atomic mass is 16.6. The lowest BCUT2D eigenvalue weighted by Crippen LogP contribution is -2.44. The maximum Gasteiger partial charge on any atom is 0.328 e. The number of anilines is 1. The summed E-state index contributed by atoms with van der Waals surface area (Å²) >= 11 is 0. The summed E-state index contributed by atoms with van der Waals surface area (Å²) in [7, 11) is 0. The Morgan fingerprint density at radius 3 is 2.29 bits per heavy atom. The predicted molar refractivity (Wildman–Crippen MR) is 123 cm³/mol. The van der Waals surface area contributed by atoms with Crippen LogP contribution in [-0.4, -0.2) is 47.5 Å². The van der Waals surface area contributed by atoms with Gasteiger partial charge in [-0.25, -0.2) is 9.78 Å². The van der Waals surface area contributed by atoms with Crippen molar-refractivity contribution < 1.29 is 33.4 Å². The van der Waals surface area contributed by atoms with Gasteiger partial charge in [0, 0.05) is 13.1 Å². The summed E-state index contributed by atoms with van der Waals surface area (Å²) in [5.41, 5.74) is -0.200. The van der Waals surface area contributed by atoms with E-state index in [1.807, 2.05) is 44.2 Å². The zero-order valence-electron chi connectivity index (χ0n) is 19.7. The molecule has 1 aromatic carbocycles. The average Bonchev–Trinajstić information content (AvgIpc) is 2.78. The Balaban J connectivity index is 2.10. The van der Waals surface area contributed by atoms with Crippen LogP contribution in [-0.2, 0) is 19.1 Å². The highest BCUT2D eigenvalue weighted by molar-refractivity contribution is 6.00. The first-order chi connectivity index (χ1) is 16.1. The summed E-state index contributed by atoms with van der Waals surface area (Å²) in [6.45, 7) is 8.21. The number of ether oxygens (including phenoxy) is 3. The van der Waals surface area contributed by atoms with Crippen molar-refractivity contribution in [2.45, 2.75) is 52.9 Å². The SMILES string of the molecule is CC(=O)Oc1c(NC=O)ccnc1C(=O)N[C@@H](C)C(=O)OC(C)C(Oc1ccccc1)C(C)C. The van der Waals surface area contributed by atoms with Crippen LogP contribution < -0.4 is 20.1 Å². The summed E-state index contributed by atoms with van der Waals surface area (Å²) in [5, 5.41) is 4.82. The maximum absolute atomic E-state index is 12.8. The molecular weight excluding hydrogens is 442 g/mol. The molecule has 2 aromatic rings. The standard InChI is InChI=1S/C24H29N3O7/c1-14(2)21(34-18-9-7-6-8-10-18)16(4)32-24(31)15(3)27-23(30)20-22(33-17(5)29)19(26-13-28)11-12-25-20/h6-16,21H,1-5H3,(H,27,30)(H,25,26,28)/t15-,16?,21?/m0/s1. The molecule has 0 saturated heterocycles. The van der Waals surface area contributed by atoms with Gasteiger partial charge in [0.15, 0.2) is 11.4 Å². The fourth-order valence-electron chi connectivity index (χ4n) is 3.14. The van der Waals surface area contributed by atoms with E-state index in [1.54, 1.807) is 6.92 Å². The number of rotatable bonds is 11. The second-order valence-electron chi connectivity index (χ2n) is 7.87. The van der Waals surface area contributed by atoms with E-state index in [9.17, 15) is 19.2 Å². The highest BCUT2D eigenvalue weighted by Gasteiger charge is 2.29. The number of benzene rings is 1. The Hall–Kier alpha value is -3.95. The number of esters is 2. The smallest absolute Gasteiger partial charge is 0.328 e. The summed E-state index contributed by atoms with van der Waals surface area (Å²) in [6.07, 6.45) is 0.598. The Morgan fingerprint density at radius 1 is 1.03 bits per heavy atom. The maximum atomic E-state index is 12.8. The van der Waals surface area contributed by atoms with E-state index in [2.05, 4.69) is 15.6 Å². The zero-order chi connectivity index (χ0) is 25.3. The number of aromatic nitrogens is 1. The van der Waals surface area contributed by atoms with Crippen molar-refractivity contribution in [3.05, 3.63) is 48.3 Å². The van der Waals surface area contributed by atoms with E-state index in [-0.39, 0.29) is 23.0 Å². The predicted octanol–water partition coefficient (Wildman–Crippen LogP) is 2.73. The minimum Gasteiger partial charge on any atom is -0.486 e. The number of pyridine rings is 1. The quantitative estimate of drug-likeness (QED) is 0.378. The van der Waals surface area contributed by atoms with Gasteiger partial charge in [-0.1, -0.05) is 32.0 Å². The van der Waals surface area contributed by atoms with E-state index in [1.165, 1.54) is 19.2 Å². The van der Waals surface area contributed by atoms with Gasteiger partial charge in [-0.2, -0.15) is 0 Å². The zero-order valence-corrected chi connectivity index (χ0v) is 19.7. The number of nitrogens with one attached hydrogen (secondary N) is 2. The van der Waals surface area contributed by atoms with Crippen LogP contribution >= 0.6 is 0 Å². The minimum absolute atomic E-state index is 0.0384. The van der Waals surface area contributed by atoms with E-state index in [0.717, 1.165) is 6.92 Å². The number of carbonyl (C=O) groups excluding carboxylic acids is 4. The number of para-hydroxylation sites is 1. The molecule has 2 unspecified atom stereocenters.